The smallest absolute Gasteiger partial charge is 0.278 e. The number of nitrogens with two attached hydrogens (primary N) is 1. The summed E-state index contributed by atoms with van der Waals surface area (Å²) >= 11 is 0. The minimum Gasteiger partial charge on any atom is -0.348 e. The Morgan fingerprint density at radius 2 is 1.90 bits per heavy atom. The van der Waals surface area contributed by atoms with Crippen molar-refractivity contribution in [2.45, 2.75) is 70.5 Å². The molecule has 21 heavy (non-hydrogen) atoms. The number of rotatable bonds is 5. The molecule has 0 spiro atoms. The van der Waals surface area contributed by atoms with Crippen molar-refractivity contribution in [1.29, 1.82) is 0 Å². The van der Waals surface area contributed by atoms with Crippen LogP contribution >= 0.6 is 0 Å². The highest BCUT2D eigenvalue weighted by molar-refractivity contribution is 5.80. The monoisotopic (exact) mass is 287 g/mol. The van der Waals surface area contributed by atoms with Crippen LogP contribution < -0.4 is 10.6 Å². The molecule has 0 bridgehead atoms. The third-order valence-corrected chi connectivity index (χ3v) is 4.81. The molecule has 1 aromatic carbocycles. The maximum absolute atomic E-state index is 12.1. The topological polar surface area (TPSA) is 45.7 Å². The Hall–Kier alpha value is -1.35. The number of carbonyl (C=O) groups excluding carboxylic acids is 1. The SMILES string of the molecule is C[C@@H]([NH2+][C@H](C)c1ccc2c(c1)CCCC2)C(=O)NC1CC1. The second kappa shape index (κ2) is 6.18. The summed E-state index contributed by atoms with van der Waals surface area (Å²) in [6, 6.07) is 7.67. The van der Waals surface area contributed by atoms with Gasteiger partial charge in [0, 0.05) is 11.6 Å². The van der Waals surface area contributed by atoms with E-state index in [0.29, 0.717) is 12.1 Å². The van der Waals surface area contributed by atoms with Gasteiger partial charge in [0.25, 0.3) is 5.91 Å². The van der Waals surface area contributed by atoms with Crippen LogP contribution in [-0.2, 0) is 17.6 Å². The molecular formula is C18H27N2O+. The summed E-state index contributed by atoms with van der Waals surface area (Å²) in [6.45, 7) is 4.21. The van der Waals surface area contributed by atoms with E-state index < -0.39 is 0 Å². The van der Waals surface area contributed by atoms with Crippen LogP contribution in [0.3, 0.4) is 0 Å². The summed E-state index contributed by atoms with van der Waals surface area (Å²) in [5.74, 6) is 0.183. The first-order valence-electron chi connectivity index (χ1n) is 8.40. The molecule has 3 heteroatoms. The largest absolute Gasteiger partial charge is 0.348 e. The van der Waals surface area contributed by atoms with E-state index in [-0.39, 0.29) is 11.9 Å². The Morgan fingerprint density at radius 1 is 1.19 bits per heavy atom. The van der Waals surface area contributed by atoms with Crippen molar-refractivity contribution in [2.75, 3.05) is 0 Å². The number of amides is 1. The van der Waals surface area contributed by atoms with Crippen LogP contribution in [0.1, 0.15) is 62.3 Å². The quantitative estimate of drug-likeness (QED) is 0.853. The Bertz CT molecular complexity index is 522. The lowest BCUT2D eigenvalue weighted by Gasteiger charge is -2.20. The van der Waals surface area contributed by atoms with Crippen molar-refractivity contribution in [3.05, 3.63) is 34.9 Å². The van der Waals surface area contributed by atoms with E-state index in [0.717, 1.165) is 12.8 Å². The van der Waals surface area contributed by atoms with Crippen LogP contribution in [-0.4, -0.2) is 18.0 Å². The lowest BCUT2D eigenvalue weighted by Crippen LogP contribution is -2.92. The van der Waals surface area contributed by atoms with Gasteiger partial charge in [0.1, 0.15) is 6.04 Å². The molecule has 1 fully saturated rings. The molecule has 2 atom stereocenters. The minimum absolute atomic E-state index is 0.0170. The van der Waals surface area contributed by atoms with Gasteiger partial charge in [0.05, 0.1) is 0 Å². The van der Waals surface area contributed by atoms with E-state index >= 15 is 0 Å². The van der Waals surface area contributed by atoms with Crippen LogP contribution in [0, 0.1) is 0 Å². The van der Waals surface area contributed by atoms with Gasteiger partial charge in [0.2, 0.25) is 0 Å². The summed E-state index contributed by atoms with van der Waals surface area (Å²) in [5.41, 5.74) is 4.40. The molecule has 3 rings (SSSR count). The zero-order valence-electron chi connectivity index (χ0n) is 13.2. The van der Waals surface area contributed by atoms with Gasteiger partial charge in [-0.2, -0.15) is 0 Å². The van der Waals surface area contributed by atoms with Gasteiger partial charge < -0.3 is 10.6 Å². The van der Waals surface area contributed by atoms with E-state index in [4.69, 9.17) is 0 Å². The first-order chi connectivity index (χ1) is 10.1. The van der Waals surface area contributed by atoms with E-state index in [9.17, 15) is 4.79 Å². The molecule has 114 valence electrons. The average molecular weight is 287 g/mol. The predicted molar refractivity (Wildman–Crippen MR) is 84.1 cm³/mol. The van der Waals surface area contributed by atoms with Gasteiger partial charge in [-0.3, -0.25) is 4.79 Å². The normalized spacial score (nSPS) is 20.5. The summed E-state index contributed by atoms with van der Waals surface area (Å²) in [6.07, 6.45) is 7.39. The highest BCUT2D eigenvalue weighted by atomic mass is 16.2. The third-order valence-electron chi connectivity index (χ3n) is 4.81. The van der Waals surface area contributed by atoms with Crippen molar-refractivity contribution in [3.8, 4) is 0 Å². The maximum Gasteiger partial charge on any atom is 0.278 e. The number of hydrogen-bond acceptors (Lipinski definition) is 1. The molecule has 2 aliphatic carbocycles. The molecule has 1 amide bonds. The molecule has 0 heterocycles. The zero-order valence-corrected chi connectivity index (χ0v) is 13.2. The first-order valence-corrected chi connectivity index (χ1v) is 8.40. The van der Waals surface area contributed by atoms with Crippen LogP contribution in [0.5, 0.6) is 0 Å². The number of fused-ring (bicyclic) bond motifs is 1. The minimum atomic E-state index is -0.0170. The predicted octanol–water partition coefficient (Wildman–Crippen LogP) is 1.86. The highest BCUT2D eigenvalue weighted by Crippen LogP contribution is 2.24. The van der Waals surface area contributed by atoms with Crippen molar-refractivity contribution in [2.24, 2.45) is 0 Å². The van der Waals surface area contributed by atoms with Crippen LogP contribution in [0.2, 0.25) is 0 Å². The van der Waals surface area contributed by atoms with Crippen LogP contribution in [0.4, 0.5) is 0 Å². The van der Waals surface area contributed by atoms with Gasteiger partial charge in [-0.15, -0.1) is 0 Å². The van der Waals surface area contributed by atoms with Crippen LogP contribution in [0.15, 0.2) is 18.2 Å². The van der Waals surface area contributed by atoms with Gasteiger partial charge in [-0.1, -0.05) is 12.1 Å². The molecule has 2 aliphatic rings. The number of carbonyl (C=O) groups is 1. The Kier molecular flexibility index (Phi) is 4.29. The molecule has 0 saturated heterocycles. The summed E-state index contributed by atoms with van der Waals surface area (Å²) in [4.78, 5) is 12.1. The molecule has 0 aliphatic heterocycles. The fourth-order valence-corrected chi connectivity index (χ4v) is 3.23. The number of benzene rings is 1. The van der Waals surface area contributed by atoms with Crippen molar-refractivity contribution < 1.29 is 10.1 Å². The standard InChI is InChI=1S/C18H26N2O/c1-12(19-13(2)18(21)20-17-9-10-17)15-8-7-14-5-3-4-6-16(14)11-15/h7-8,11-13,17,19H,3-6,9-10H2,1-2H3,(H,20,21)/p+1/t12-,13-/m1/s1. The second-order valence-electron chi connectivity index (χ2n) is 6.79. The fraction of sp³-hybridized carbons (Fsp3) is 0.611. The van der Waals surface area contributed by atoms with Gasteiger partial charge in [0.15, 0.2) is 6.04 Å². The maximum atomic E-state index is 12.1. The molecule has 3 nitrogen and oxygen atoms in total. The van der Waals surface area contributed by atoms with Crippen molar-refractivity contribution >= 4 is 5.91 Å². The van der Waals surface area contributed by atoms with Crippen molar-refractivity contribution in [1.82, 2.24) is 5.32 Å². The Balaban J connectivity index is 1.61. The molecule has 3 N–H and O–H groups in total. The molecule has 1 saturated carbocycles. The Labute approximate surface area is 127 Å². The van der Waals surface area contributed by atoms with E-state index in [1.165, 1.54) is 42.4 Å². The summed E-state index contributed by atoms with van der Waals surface area (Å²) in [5, 5.41) is 5.27. The Morgan fingerprint density at radius 3 is 2.62 bits per heavy atom. The highest BCUT2D eigenvalue weighted by Gasteiger charge is 2.28. The molecule has 1 aromatic rings. The fourth-order valence-electron chi connectivity index (χ4n) is 3.23. The number of nitrogens with one attached hydrogen (secondary N) is 1. The zero-order chi connectivity index (χ0) is 14.8. The van der Waals surface area contributed by atoms with E-state index in [1.54, 1.807) is 0 Å². The second-order valence-corrected chi connectivity index (χ2v) is 6.79. The summed E-state index contributed by atoms with van der Waals surface area (Å²) in [7, 11) is 0. The van der Waals surface area contributed by atoms with Gasteiger partial charge >= 0.3 is 0 Å². The van der Waals surface area contributed by atoms with Gasteiger partial charge in [-0.05, 0) is 69.6 Å². The molecule has 0 radical (unpaired) electrons. The number of quaternary nitrogens is 1. The van der Waals surface area contributed by atoms with E-state index in [1.807, 2.05) is 6.92 Å². The lowest BCUT2D eigenvalue weighted by molar-refractivity contribution is -0.710. The van der Waals surface area contributed by atoms with E-state index in [2.05, 4.69) is 35.8 Å². The number of hydrogen-bond donors (Lipinski definition) is 2. The third kappa shape index (κ3) is 3.65. The average Bonchev–Trinajstić information content (AvgIpc) is 3.30. The van der Waals surface area contributed by atoms with Gasteiger partial charge in [-0.25, -0.2) is 0 Å². The van der Waals surface area contributed by atoms with Crippen molar-refractivity contribution in [3.63, 3.8) is 0 Å². The van der Waals surface area contributed by atoms with Crippen LogP contribution in [0.25, 0.3) is 0 Å². The molecular weight excluding hydrogens is 260 g/mol. The first kappa shape index (κ1) is 14.6. The molecule has 0 aromatic heterocycles. The number of aryl methyl sites for hydroxylation is 2. The lowest BCUT2D eigenvalue weighted by atomic mass is 9.89. The molecule has 0 unspecified atom stereocenters. The summed E-state index contributed by atoms with van der Waals surface area (Å²) < 4.78 is 0.